The molecular weight excluding hydrogens is 1440 g/mol. The van der Waals surface area contributed by atoms with Crippen LogP contribution in [0.15, 0.2) is 109 Å². The molecular formula is C65H80Cl2F4N10O13S5. The van der Waals surface area contributed by atoms with Crippen molar-refractivity contribution < 1.29 is 75.5 Å². The number of rotatable bonds is 20. The number of aryl methyl sites for hydroxylation is 1. The lowest BCUT2D eigenvalue weighted by atomic mass is 9.86. The summed E-state index contributed by atoms with van der Waals surface area (Å²) in [6.07, 6.45) is 4.91. The van der Waals surface area contributed by atoms with Crippen LogP contribution in [0.3, 0.4) is 0 Å². The zero-order valence-corrected chi connectivity index (χ0v) is 61.5. The number of aliphatic imine (C=N–C) groups is 2. The third kappa shape index (κ3) is 18.7. The highest BCUT2D eigenvalue weighted by atomic mass is 35.5. The van der Waals surface area contributed by atoms with Crippen LogP contribution in [0.5, 0.6) is 0 Å². The third-order valence-electron chi connectivity index (χ3n) is 17.0. The minimum absolute atomic E-state index is 0.0213. The normalized spacial score (nSPS) is 19.9. The van der Waals surface area contributed by atoms with Crippen LogP contribution in [0.25, 0.3) is 0 Å². The standard InChI is InChI=1S/C29H36ClF2N5O5S2.C23H24ClF2N5O4S2.C13H20O4S/c1-29(2,3)42-13-12-36-15-18(16-36)44(39,40)37-10-7-17(8-11-37)24-21(28(38)41-4)25(19-5-6-20(31)23(32)22(19)30)35-26(34-24)27-33-9-14-43-27;1-35-23(32)16-19(12-4-7-31(8-5-12)37(33,34)13-10-27-11-13)29-21(22-28-6-9-36-22)30-20(16)14-2-3-15(25)18(26)17(14)24;1-11-5-7-12(8-6-11)18(14,15)17-10-9-16-13(2,3)4/h5-6,9,14,17-18,25H,7-8,10-13,15-16H2,1-4H3,(H,34,35);2-3,6,9,12-13,20,27H,4-5,7-8,10-11H2,1H3,(H,29,30);5-8H,9-10H2,1-4H3. The molecule has 6 aliphatic rings. The maximum Gasteiger partial charge on any atom is 0.338 e. The molecule has 8 heterocycles. The molecule has 6 aliphatic heterocycles. The summed E-state index contributed by atoms with van der Waals surface area (Å²) in [5.41, 5.74) is 1.85. The number of likely N-dealkylation sites (tertiary alicyclic amines) is 1. The number of carbonyl (C=O) groups is 2. The minimum atomic E-state index is -3.67. The summed E-state index contributed by atoms with van der Waals surface area (Å²) < 4.78 is 162. The van der Waals surface area contributed by atoms with Crippen molar-refractivity contribution in [3.63, 3.8) is 0 Å². The van der Waals surface area contributed by atoms with Crippen LogP contribution in [0, 0.1) is 42.0 Å². The molecule has 3 aromatic carbocycles. The first-order valence-electron chi connectivity index (χ1n) is 31.8. The van der Waals surface area contributed by atoms with E-state index in [1.807, 2.05) is 48.5 Å². The molecule has 0 radical (unpaired) electrons. The van der Waals surface area contributed by atoms with Gasteiger partial charge in [-0.15, -0.1) is 22.7 Å². The van der Waals surface area contributed by atoms with Gasteiger partial charge in [-0.2, -0.15) is 8.42 Å². The van der Waals surface area contributed by atoms with E-state index in [1.54, 1.807) is 35.3 Å². The molecule has 0 spiro atoms. The smallest absolute Gasteiger partial charge is 0.338 e. The van der Waals surface area contributed by atoms with Crippen LogP contribution < -0.4 is 16.0 Å². The van der Waals surface area contributed by atoms with Crippen molar-refractivity contribution >= 4 is 99.7 Å². The molecule has 540 valence electrons. The van der Waals surface area contributed by atoms with Gasteiger partial charge in [0.05, 0.1) is 71.3 Å². The Morgan fingerprint density at radius 2 is 1.03 bits per heavy atom. The fraction of sp³-hybridized carbons (Fsp3) is 0.508. The van der Waals surface area contributed by atoms with Gasteiger partial charge < -0.3 is 34.9 Å². The number of esters is 2. The molecule has 99 heavy (non-hydrogen) atoms. The van der Waals surface area contributed by atoms with Crippen molar-refractivity contribution in [3.05, 3.63) is 154 Å². The second kappa shape index (κ2) is 32.6. The second-order valence-electron chi connectivity index (χ2n) is 26.0. The molecule has 5 aromatic rings. The first kappa shape index (κ1) is 77.3. The van der Waals surface area contributed by atoms with Crippen molar-refractivity contribution in [3.8, 4) is 0 Å². The van der Waals surface area contributed by atoms with Gasteiger partial charge in [0.2, 0.25) is 20.0 Å². The maximum atomic E-state index is 14.6. The molecule has 0 amide bonds. The lowest BCUT2D eigenvalue weighted by molar-refractivity contribution is -0.137. The summed E-state index contributed by atoms with van der Waals surface area (Å²) in [4.78, 5) is 46.5. The Bertz CT molecular complexity index is 4190. The topological polar surface area (TPSA) is 279 Å². The van der Waals surface area contributed by atoms with E-state index in [2.05, 4.69) is 40.8 Å². The lowest BCUT2D eigenvalue weighted by Crippen LogP contribution is -2.59. The summed E-state index contributed by atoms with van der Waals surface area (Å²) >= 11 is 15.1. The van der Waals surface area contributed by atoms with Gasteiger partial charge in [0.25, 0.3) is 10.1 Å². The fourth-order valence-corrected chi connectivity index (χ4v) is 17.9. The van der Waals surface area contributed by atoms with E-state index in [4.69, 9.17) is 46.3 Å². The van der Waals surface area contributed by atoms with E-state index < -0.39 is 98.0 Å². The van der Waals surface area contributed by atoms with Crippen molar-refractivity contribution in [2.45, 2.75) is 113 Å². The van der Waals surface area contributed by atoms with Crippen LogP contribution in [0.4, 0.5) is 17.6 Å². The van der Waals surface area contributed by atoms with Gasteiger partial charge in [0, 0.05) is 116 Å². The number of piperidine rings is 2. The quantitative estimate of drug-likeness (QED) is 0.0215. The van der Waals surface area contributed by atoms with Crippen LogP contribution >= 0.6 is 45.9 Å². The molecule has 0 bridgehead atoms. The number of hydrogen-bond donors (Lipinski definition) is 3. The monoisotopic (exact) mass is 1510 g/mol. The Kier molecular flexibility index (Phi) is 25.5. The number of allylic oxidation sites excluding steroid dienone is 2. The van der Waals surface area contributed by atoms with Crippen LogP contribution in [-0.4, -0.2) is 187 Å². The van der Waals surface area contributed by atoms with Gasteiger partial charge >= 0.3 is 11.9 Å². The molecule has 2 atom stereocenters. The molecule has 34 heteroatoms. The zero-order valence-electron chi connectivity index (χ0n) is 56.0. The molecule has 3 N–H and O–H groups in total. The average molecular weight is 1520 g/mol. The highest BCUT2D eigenvalue weighted by Gasteiger charge is 2.46. The van der Waals surface area contributed by atoms with E-state index in [1.165, 1.54) is 69.8 Å². The van der Waals surface area contributed by atoms with Gasteiger partial charge in [-0.25, -0.2) is 62.6 Å². The molecule has 4 fully saturated rings. The number of halogens is 6. The number of thiazole rings is 2. The van der Waals surface area contributed by atoms with Crippen molar-refractivity contribution in [1.29, 1.82) is 0 Å². The Morgan fingerprint density at radius 1 is 0.606 bits per heavy atom. The molecule has 0 saturated carbocycles. The van der Waals surface area contributed by atoms with Gasteiger partial charge in [-0.3, -0.25) is 19.1 Å². The van der Waals surface area contributed by atoms with E-state index in [9.17, 15) is 52.4 Å². The summed E-state index contributed by atoms with van der Waals surface area (Å²) in [6.45, 7) is 17.9. The van der Waals surface area contributed by atoms with E-state index in [0.717, 1.165) is 17.7 Å². The minimum Gasteiger partial charge on any atom is -0.466 e. The molecule has 2 aromatic heterocycles. The summed E-state index contributed by atoms with van der Waals surface area (Å²) in [5.74, 6) is -5.98. The SMILES string of the molecule is COC(=O)C1=C(C2CCN(S(=O)(=O)C3CN(CCOC(C)(C)C)C3)CC2)NC(c2nccs2)=NC1c1ccc(F)c(F)c1Cl.COC(=O)C1=C(C2CCN(S(=O)(=O)C3CNC3)CC2)NC(c2nccs2)=NC1c1ccc(F)c(F)c1Cl.Cc1ccc(S(=O)(=O)OCCOC(C)(C)C)cc1. The number of carbonyl (C=O) groups excluding carboxylic acids is 2. The largest absolute Gasteiger partial charge is 0.466 e. The summed E-state index contributed by atoms with van der Waals surface area (Å²) in [5, 5.41) is 12.2. The number of hydrogen-bond acceptors (Lipinski definition) is 23. The molecule has 11 rings (SSSR count). The lowest BCUT2D eigenvalue weighted by Gasteiger charge is -2.43. The van der Waals surface area contributed by atoms with Crippen LogP contribution in [0.2, 0.25) is 10.0 Å². The zero-order chi connectivity index (χ0) is 71.9. The number of amidine groups is 2. The van der Waals surface area contributed by atoms with Gasteiger partial charge in [0.15, 0.2) is 45.0 Å². The van der Waals surface area contributed by atoms with Crippen molar-refractivity contribution in [2.24, 2.45) is 21.8 Å². The molecule has 0 aliphatic carbocycles. The fourth-order valence-electron chi connectivity index (χ4n) is 11.6. The van der Waals surface area contributed by atoms with Gasteiger partial charge in [-0.1, -0.05) is 53.0 Å². The van der Waals surface area contributed by atoms with E-state index >= 15 is 0 Å². The third-order valence-corrected chi connectivity index (χ3v) is 25.2. The Labute approximate surface area is 592 Å². The Hall–Kier alpha value is -5.85. The first-order valence-corrected chi connectivity index (χ1v) is 38.7. The van der Waals surface area contributed by atoms with Gasteiger partial charge in [-0.05, 0) is 98.4 Å². The Morgan fingerprint density at radius 3 is 1.41 bits per heavy atom. The first-order chi connectivity index (χ1) is 46.7. The number of sulfonamides is 2. The highest BCUT2D eigenvalue weighted by Crippen LogP contribution is 2.44. The van der Waals surface area contributed by atoms with Crippen molar-refractivity contribution in [2.75, 3.05) is 92.9 Å². The van der Waals surface area contributed by atoms with Crippen molar-refractivity contribution in [1.82, 2.24) is 39.4 Å². The molecule has 23 nitrogen and oxygen atoms in total. The van der Waals surface area contributed by atoms with E-state index in [-0.39, 0.29) is 89.6 Å². The average Bonchev–Trinajstić information content (AvgIpc) is 1.81. The molecule has 2 unspecified atom stereocenters. The predicted octanol–water partition coefficient (Wildman–Crippen LogP) is 9.26. The highest BCUT2D eigenvalue weighted by molar-refractivity contribution is 7.90. The number of benzene rings is 3. The Balaban J connectivity index is 0.000000188. The number of nitrogens with one attached hydrogen (secondary N) is 3. The van der Waals surface area contributed by atoms with E-state index in [0.29, 0.717) is 98.1 Å². The second-order valence-corrected chi connectivity index (χ2v) is 34.5. The number of ether oxygens (including phenoxy) is 4. The number of methoxy groups -OCH3 is 2. The summed E-state index contributed by atoms with van der Waals surface area (Å²) in [6, 6.07) is 8.82. The molecule has 4 saturated heterocycles. The van der Waals surface area contributed by atoms with Crippen LogP contribution in [-0.2, 0) is 62.9 Å². The summed E-state index contributed by atoms with van der Waals surface area (Å²) in [7, 11) is -8.16. The number of nitrogens with zero attached hydrogens (tertiary/aromatic N) is 7. The van der Waals surface area contributed by atoms with Crippen LogP contribution in [0.1, 0.15) is 106 Å². The van der Waals surface area contributed by atoms with Gasteiger partial charge in [0.1, 0.15) is 22.6 Å². The predicted molar refractivity (Wildman–Crippen MR) is 369 cm³/mol. The number of aromatic nitrogens is 2. The maximum absolute atomic E-state index is 14.6.